The van der Waals surface area contributed by atoms with Gasteiger partial charge in [-0.2, -0.15) is 0 Å². The first-order chi connectivity index (χ1) is 12.7. The zero-order valence-corrected chi connectivity index (χ0v) is 16.9. The Morgan fingerprint density at radius 3 is 2.63 bits per heavy atom. The van der Waals surface area contributed by atoms with Crippen molar-refractivity contribution in [2.45, 2.75) is 38.3 Å². The van der Waals surface area contributed by atoms with E-state index in [4.69, 9.17) is 9.47 Å². The summed E-state index contributed by atoms with van der Waals surface area (Å²) < 4.78 is 10.9. The molecule has 1 aromatic carbocycles. The Morgan fingerprint density at radius 2 is 1.93 bits per heavy atom. The van der Waals surface area contributed by atoms with Gasteiger partial charge in [0.1, 0.15) is 5.75 Å². The molecule has 1 N–H and O–H groups in total. The summed E-state index contributed by atoms with van der Waals surface area (Å²) in [7, 11) is 1.73. The molecule has 150 valence electrons. The van der Waals surface area contributed by atoms with E-state index in [2.05, 4.69) is 22.3 Å². The SMILES string of the molecule is COc1ccccc1CN1C[C@H](NC(=O)C2CCOCC2)[C@@H](C2CC2)C1.Cl. The predicted octanol–water partition coefficient (Wildman–Crippen LogP) is 2.87. The predicted molar refractivity (Wildman–Crippen MR) is 107 cm³/mol. The van der Waals surface area contributed by atoms with E-state index >= 15 is 0 Å². The van der Waals surface area contributed by atoms with Gasteiger partial charge < -0.3 is 14.8 Å². The van der Waals surface area contributed by atoms with Crippen molar-refractivity contribution < 1.29 is 14.3 Å². The molecular weight excluding hydrogens is 364 g/mol. The Morgan fingerprint density at radius 1 is 1.19 bits per heavy atom. The number of methoxy groups -OCH3 is 1. The number of para-hydroxylation sites is 1. The fourth-order valence-electron chi connectivity index (χ4n) is 4.53. The molecule has 2 atom stereocenters. The standard InChI is InChI=1S/C21H30N2O3.ClH/c1-25-20-5-3-2-4-17(20)12-23-13-18(15-6-7-15)19(14-23)22-21(24)16-8-10-26-11-9-16;/h2-5,15-16,18-19H,6-14H2,1H3,(H,22,24);1H/t18-,19+;/m1./s1. The highest BCUT2D eigenvalue weighted by Crippen LogP contribution is 2.42. The van der Waals surface area contributed by atoms with E-state index in [1.807, 2.05) is 12.1 Å². The molecule has 0 aromatic heterocycles. The highest BCUT2D eigenvalue weighted by Gasteiger charge is 2.43. The maximum atomic E-state index is 12.7. The first-order valence-corrected chi connectivity index (χ1v) is 9.97. The second kappa shape index (κ2) is 9.26. The lowest BCUT2D eigenvalue weighted by Gasteiger charge is -2.25. The highest BCUT2D eigenvalue weighted by atomic mass is 35.5. The average Bonchev–Trinajstić information content (AvgIpc) is 3.45. The van der Waals surface area contributed by atoms with Gasteiger partial charge >= 0.3 is 0 Å². The summed E-state index contributed by atoms with van der Waals surface area (Å²) in [5.41, 5.74) is 1.22. The highest BCUT2D eigenvalue weighted by molar-refractivity contribution is 5.85. The van der Waals surface area contributed by atoms with Gasteiger partial charge in [-0.3, -0.25) is 9.69 Å². The summed E-state index contributed by atoms with van der Waals surface area (Å²) in [6.07, 6.45) is 4.35. The van der Waals surface area contributed by atoms with Crippen LogP contribution in [-0.2, 0) is 16.1 Å². The van der Waals surface area contributed by atoms with E-state index in [0.29, 0.717) is 19.1 Å². The smallest absolute Gasteiger partial charge is 0.223 e. The zero-order chi connectivity index (χ0) is 17.9. The molecule has 2 heterocycles. The second-order valence-corrected chi connectivity index (χ2v) is 8.01. The lowest BCUT2D eigenvalue weighted by Crippen LogP contribution is -2.45. The Bertz CT molecular complexity index is 632. The monoisotopic (exact) mass is 394 g/mol. The maximum absolute atomic E-state index is 12.7. The Balaban J connectivity index is 0.00000210. The number of nitrogens with zero attached hydrogens (tertiary/aromatic N) is 1. The van der Waals surface area contributed by atoms with Crippen LogP contribution in [0.4, 0.5) is 0 Å². The van der Waals surface area contributed by atoms with Crippen LogP contribution in [0.3, 0.4) is 0 Å². The van der Waals surface area contributed by atoms with Crippen molar-refractivity contribution in [2.75, 3.05) is 33.4 Å². The fourth-order valence-corrected chi connectivity index (χ4v) is 4.53. The number of carbonyl (C=O) groups is 1. The number of benzene rings is 1. The first-order valence-electron chi connectivity index (χ1n) is 9.97. The number of hydrogen-bond donors (Lipinski definition) is 1. The van der Waals surface area contributed by atoms with Crippen molar-refractivity contribution in [3.63, 3.8) is 0 Å². The van der Waals surface area contributed by atoms with Crippen molar-refractivity contribution in [3.8, 4) is 5.75 Å². The average molecular weight is 395 g/mol. The van der Waals surface area contributed by atoms with Gasteiger partial charge in [0, 0.05) is 50.4 Å². The molecule has 5 nitrogen and oxygen atoms in total. The minimum absolute atomic E-state index is 0. The molecule has 0 bridgehead atoms. The van der Waals surface area contributed by atoms with E-state index in [9.17, 15) is 4.79 Å². The van der Waals surface area contributed by atoms with Crippen molar-refractivity contribution >= 4 is 18.3 Å². The fraction of sp³-hybridized carbons (Fsp3) is 0.667. The van der Waals surface area contributed by atoms with E-state index in [1.165, 1.54) is 18.4 Å². The number of rotatable bonds is 6. The van der Waals surface area contributed by atoms with Crippen LogP contribution in [0.15, 0.2) is 24.3 Å². The molecule has 0 unspecified atom stereocenters. The number of amides is 1. The summed E-state index contributed by atoms with van der Waals surface area (Å²) in [5.74, 6) is 2.70. The van der Waals surface area contributed by atoms with Gasteiger partial charge in [0.15, 0.2) is 0 Å². The minimum Gasteiger partial charge on any atom is -0.496 e. The van der Waals surface area contributed by atoms with Gasteiger partial charge in [-0.1, -0.05) is 18.2 Å². The number of carbonyl (C=O) groups excluding carboxylic acids is 1. The summed E-state index contributed by atoms with van der Waals surface area (Å²) >= 11 is 0. The molecule has 4 rings (SSSR count). The second-order valence-electron chi connectivity index (χ2n) is 8.01. The third kappa shape index (κ3) is 4.95. The van der Waals surface area contributed by atoms with Crippen LogP contribution < -0.4 is 10.1 Å². The van der Waals surface area contributed by atoms with Crippen molar-refractivity contribution in [1.29, 1.82) is 0 Å². The summed E-state index contributed by atoms with van der Waals surface area (Å²) in [6, 6.07) is 8.52. The maximum Gasteiger partial charge on any atom is 0.223 e. The molecule has 6 heteroatoms. The van der Waals surface area contributed by atoms with Crippen LogP contribution >= 0.6 is 12.4 Å². The van der Waals surface area contributed by atoms with Gasteiger partial charge in [0.2, 0.25) is 5.91 Å². The van der Waals surface area contributed by atoms with Crippen LogP contribution in [0, 0.1) is 17.8 Å². The van der Waals surface area contributed by atoms with Crippen LogP contribution in [0.25, 0.3) is 0 Å². The van der Waals surface area contributed by atoms with E-state index < -0.39 is 0 Å². The number of halogens is 1. The van der Waals surface area contributed by atoms with E-state index in [1.54, 1.807) is 7.11 Å². The molecule has 2 aliphatic heterocycles. The van der Waals surface area contributed by atoms with E-state index in [0.717, 1.165) is 44.1 Å². The molecule has 1 aromatic rings. The number of likely N-dealkylation sites (tertiary alicyclic amines) is 1. The molecule has 3 fully saturated rings. The molecule has 3 aliphatic rings. The first kappa shape index (κ1) is 20.4. The third-order valence-corrected chi connectivity index (χ3v) is 6.17. The third-order valence-electron chi connectivity index (χ3n) is 6.17. The van der Waals surface area contributed by atoms with Gasteiger partial charge in [-0.05, 0) is 43.6 Å². The van der Waals surface area contributed by atoms with Gasteiger partial charge in [-0.15, -0.1) is 12.4 Å². The summed E-state index contributed by atoms with van der Waals surface area (Å²) in [6.45, 7) is 4.33. The van der Waals surface area contributed by atoms with Crippen LogP contribution in [-0.4, -0.2) is 50.3 Å². The summed E-state index contributed by atoms with van der Waals surface area (Å²) in [5, 5.41) is 3.40. The van der Waals surface area contributed by atoms with Crippen LogP contribution in [0.5, 0.6) is 5.75 Å². The molecule has 1 amide bonds. The summed E-state index contributed by atoms with van der Waals surface area (Å²) in [4.78, 5) is 15.2. The number of hydrogen-bond acceptors (Lipinski definition) is 4. The number of nitrogens with one attached hydrogen (secondary N) is 1. The molecule has 2 saturated heterocycles. The molecule has 1 saturated carbocycles. The molecule has 0 radical (unpaired) electrons. The van der Waals surface area contributed by atoms with Gasteiger partial charge in [0.25, 0.3) is 0 Å². The number of ether oxygens (including phenoxy) is 2. The molecule has 0 spiro atoms. The largest absolute Gasteiger partial charge is 0.496 e. The molecule has 27 heavy (non-hydrogen) atoms. The van der Waals surface area contributed by atoms with Crippen LogP contribution in [0.1, 0.15) is 31.2 Å². The van der Waals surface area contributed by atoms with Crippen LogP contribution in [0.2, 0.25) is 0 Å². The lowest BCUT2D eigenvalue weighted by atomic mass is 9.95. The Hall–Kier alpha value is -1.30. The van der Waals surface area contributed by atoms with Crippen molar-refractivity contribution in [2.24, 2.45) is 17.8 Å². The molecule has 1 aliphatic carbocycles. The minimum atomic E-state index is 0. The zero-order valence-electron chi connectivity index (χ0n) is 16.1. The van der Waals surface area contributed by atoms with Crippen molar-refractivity contribution in [1.82, 2.24) is 10.2 Å². The van der Waals surface area contributed by atoms with Gasteiger partial charge in [-0.25, -0.2) is 0 Å². The molecular formula is C21H31ClN2O3. The Kier molecular flexibility index (Phi) is 7.01. The topological polar surface area (TPSA) is 50.8 Å². The Labute approximate surface area is 168 Å². The van der Waals surface area contributed by atoms with Crippen molar-refractivity contribution in [3.05, 3.63) is 29.8 Å². The lowest BCUT2D eigenvalue weighted by molar-refractivity contribution is -0.128. The van der Waals surface area contributed by atoms with E-state index in [-0.39, 0.29) is 30.3 Å². The van der Waals surface area contributed by atoms with Gasteiger partial charge in [0.05, 0.1) is 7.11 Å². The quantitative estimate of drug-likeness (QED) is 0.806. The normalized spacial score (nSPS) is 26.4.